The maximum atomic E-state index is 11.4. The number of carbonyl (C=O) groups is 2. The average Bonchev–Trinajstić information content (AvgIpc) is 2.36. The molecular formula is C13H12O4. The number of hydrogen-bond donors (Lipinski definition) is 0. The van der Waals surface area contributed by atoms with Crippen LogP contribution in [0, 0.1) is 0 Å². The number of aldehydes is 1. The summed E-state index contributed by atoms with van der Waals surface area (Å²) in [4.78, 5) is 21.9. The van der Waals surface area contributed by atoms with Gasteiger partial charge >= 0.3 is 0 Å². The molecule has 0 amide bonds. The summed E-state index contributed by atoms with van der Waals surface area (Å²) in [5.41, 5.74) is 0.426. The minimum atomic E-state index is -0.504. The SMILES string of the molecule is COc1ccc2c(C(=O)C=O)cccc2c1.O. The van der Waals surface area contributed by atoms with Gasteiger partial charge in [0.1, 0.15) is 5.75 Å². The van der Waals surface area contributed by atoms with Gasteiger partial charge in [-0.1, -0.05) is 18.2 Å². The zero-order chi connectivity index (χ0) is 11.5. The third kappa shape index (κ3) is 2.32. The van der Waals surface area contributed by atoms with Gasteiger partial charge in [-0.25, -0.2) is 0 Å². The molecule has 0 aliphatic carbocycles. The second-order valence-electron chi connectivity index (χ2n) is 3.37. The third-order valence-corrected chi connectivity index (χ3v) is 2.46. The van der Waals surface area contributed by atoms with Crippen LogP contribution in [-0.4, -0.2) is 24.7 Å². The first-order chi connectivity index (χ1) is 7.76. The second-order valence-corrected chi connectivity index (χ2v) is 3.37. The Labute approximate surface area is 98.1 Å². The molecule has 2 aromatic carbocycles. The van der Waals surface area contributed by atoms with Crippen molar-refractivity contribution in [2.75, 3.05) is 7.11 Å². The van der Waals surface area contributed by atoms with Gasteiger partial charge in [0.05, 0.1) is 7.11 Å². The van der Waals surface area contributed by atoms with Crippen LogP contribution in [0.3, 0.4) is 0 Å². The van der Waals surface area contributed by atoms with Gasteiger partial charge in [-0.2, -0.15) is 0 Å². The molecule has 0 fully saturated rings. The summed E-state index contributed by atoms with van der Waals surface area (Å²) in [6, 6.07) is 10.6. The molecule has 0 bridgehead atoms. The highest BCUT2D eigenvalue weighted by molar-refractivity contribution is 6.36. The van der Waals surface area contributed by atoms with Crippen molar-refractivity contribution in [1.82, 2.24) is 0 Å². The highest BCUT2D eigenvalue weighted by atomic mass is 16.5. The predicted molar refractivity (Wildman–Crippen MR) is 64.5 cm³/mol. The first kappa shape index (κ1) is 12.9. The molecule has 0 atom stereocenters. The number of rotatable bonds is 3. The van der Waals surface area contributed by atoms with Crippen molar-refractivity contribution in [2.24, 2.45) is 0 Å². The predicted octanol–water partition coefficient (Wildman–Crippen LogP) is 1.41. The molecule has 0 saturated heterocycles. The van der Waals surface area contributed by atoms with Gasteiger partial charge < -0.3 is 10.2 Å². The minimum Gasteiger partial charge on any atom is -0.497 e. The summed E-state index contributed by atoms with van der Waals surface area (Å²) in [6.07, 6.45) is 0.332. The molecule has 0 unspecified atom stereocenters. The number of fused-ring (bicyclic) bond motifs is 1. The van der Waals surface area contributed by atoms with Crippen LogP contribution < -0.4 is 4.74 Å². The van der Waals surface area contributed by atoms with E-state index in [1.165, 1.54) is 0 Å². The highest BCUT2D eigenvalue weighted by Crippen LogP contribution is 2.23. The van der Waals surface area contributed by atoms with Gasteiger partial charge in [0.2, 0.25) is 5.78 Å². The Hall–Kier alpha value is -2.20. The Morgan fingerprint density at radius 3 is 2.65 bits per heavy atom. The van der Waals surface area contributed by atoms with E-state index < -0.39 is 5.78 Å². The quantitative estimate of drug-likeness (QED) is 0.456. The molecule has 0 aliphatic heterocycles. The van der Waals surface area contributed by atoms with E-state index in [1.807, 2.05) is 12.1 Å². The molecule has 0 radical (unpaired) electrons. The van der Waals surface area contributed by atoms with Crippen molar-refractivity contribution in [3.63, 3.8) is 0 Å². The van der Waals surface area contributed by atoms with Crippen molar-refractivity contribution < 1.29 is 19.8 Å². The molecule has 0 aromatic heterocycles. The molecule has 4 heteroatoms. The van der Waals surface area contributed by atoms with Crippen molar-refractivity contribution in [3.8, 4) is 5.75 Å². The lowest BCUT2D eigenvalue weighted by Gasteiger charge is -2.05. The van der Waals surface area contributed by atoms with E-state index in [1.54, 1.807) is 31.4 Å². The average molecular weight is 232 g/mol. The van der Waals surface area contributed by atoms with E-state index in [0.717, 1.165) is 16.5 Å². The minimum absolute atomic E-state index is 0. The van der Waals surface area contributed by atoms with Crippen LogP contribution in [0.25, 0.3) is 10.8 Å². The first-order valence-electron chi connectivity index (χ1n) is 4.82. The first-order valence-corrected chi connectivity index (χ1v) is 4.82. The number of hydrogen-bond acceptors (Lipinski definition) is 3. The van der Waals surface area contributed by atoms with Crippen molar-refractivity contribution >= 4 is 22.8 Å². The van der Waals surface area contributed by atoms with E-state index in [9.17, 15) is 9.59 Å². The summed E-state index contributed by atoms with van der Waals surface area (Å²) in [7, 11) is 1.58. The van der Waals surface area contributed by atoms with Crippen LogP contribution in [0.5, 0.6) is 5.75 Å². The van der Waals surface area contributed by atoms with E-state index in [-0.39, 0.29) is 5.48 Å². The van der Waals surface area contributed by atoms with Gasteiger partial charge in [0.15, 0.2) is 6.29 Å². The van der Waals surface area contributed by atoms with Crippen LogP contribution in [0.2, 0.25) is 0 Å². The third-order valence-electron chi connectivity index (χ3n) is 2.46. The van der Waals surface area contributed by atoms with Crippen molar-refractivity contribution in [1.29, 1.82) is 0 Å². The van der Waals surface area contributed by atoms with E-state index in [2.05, 4.69) is 0 Å². The second kappa shape index (κ2) is 5.23. The fraction of sp³-hybridized carbons (Fsp3) is 0.0769. The number of Topliss-reactive ketones (excluding diaryl/α,β-unsaturated/α-hetero) is 1. The standard InChI is InChI=1S/C13H10O3.H2O/c1-16-10-5-6-11-9(7-10)3-2-4-12(11)13(15)8-14;/h2-8H,1H3;1H2. The van der Waals surface area contributed by atoms with Gasteiger partial charge in [-0.15, -0.1) is 0 Å². The van der Waals surface area contributed by atoms with Gasteiger partial charge in [0.25, 0.3) is 0 Å². The van der Waals surface area contributed by atoms with Crippen molar-refractivity contribution in [2.45, 2.75) is 0 Å². The molecule has 0 spiro atoms. The molecule has 0 aliphatic rings. The number of ketones is 1. The maximum Gasteiger partial charge on any atom is 0.225 e. The molecule has 0 saturated carbocycles. The Morgan fingerprint density at radius 2 is 2.00 bits per heavy atom. The molecule has 17 heavy (non-hydrogen) atoms. The Morgan fingerprint density at radius 1 is 1.24 bits per heavy atom. The Bertz CT molecular complexity index is 560. The van der Waals surface area contributed by atoms with Crippen LogP contribution in [0.15, 0.2) is 36.4 Å². The van der Waals surface area contributed by atoms with Crippen LogP contribution in [0.1, 0.15) is 10.4 Å². The van der Waals surface area contributed by atoms with Crippen LogP contribution >= 0.6 is 0 Å². The van der Waals surface area contributed by atoms with Crippen molar-refractivity contribution in [3.05, 3.63) is 42.0 Å². The number of methoxy groups -OCH3 is 1. The molecular weight excluding hydrogens is 220 g/mol. The fourth-order valence-electron chi connectivity index (χ4n) is 1.67. The van der Waals surface area contributed by atoms with Gasteiger partial charge in [-0.05, 0) is 29.0 Å². The lowest BCUT2D eigenvalue weighted by molar-refractivity contribution is -0.104. The van der Waals surface area contributed by atoms with E-state index in [0.29, 0.717) is 11.8 Å². The number of ether oxygens (including phenoxy) is 1. The fourth-order valence-corrected chi connectivity index (χ4v) is 1.67. The monoisotopic (exact) mass is 232 g/mol. The molecule has 0 heterocycles. The van der Waals surface area contributed by atoms with Crippen LogP contribution in [-0.2, 0) is 4.79 Å². The molecule has 2 aromatic rings. The lowest BCUT2D eigenvalue weighted by Crippen LogP contribution is -2.00. The number of benzene rings is 2. The van der Waals surface area contributed by atoms with Gasteiger partial charge in [-0.3, -0.25) is 9.59 Å². The molecule has 4 nitrogen and oxygen atoms in total. The normalized spacial score (nSPS) is 9.47. The Balaban J connectivity index is 0.00000144. The van der Waals surface area contributed by atoms with E-state index in [4.69, 9.17) is 4.74 Å². The molecule has 2 rings (SSSR count). The number of carbonyl (C=O) groups excluding carboxylic acids is 2. The van der Waals surface area contributed by atoms with E-state index >= 15 is 0 Å². The summed E-state index contributed by atoms with van der Waals surface area (Å²) in [6.45, 7) is 0. The zero-order valence-corrected chi connectivity index (χ0v) is 9.27. The maximum absolute atomic E-state index is 11.4. The summed E-state index contributed by atoms with van der Waals surface area (Å²) in [5.74, 6) is 0.221. The topological polar surface area (TPSA) is 74.9 Å². The Kier molecular flexibility index (Phi) is 3.96. The molecule has 2 N–H and O–H groups in total. The van der Waals surface area contributed by atoms with Gasteiger partial charge in [0, 0.05) is 5.56 Å². The summed E-state index contributed by atoms with van der Waals surface area (Å²) >= 11 is 0. The summed E-state index contributed by atoms with van der Waals surface area (Å²) < 4.78 is 5.09. The lowest BCUT2D eigenvalue weighted by atomic mass is 10.0. The highest BCUT2D eigenvalue weighted by Gasteiger charge is 2.08. The largest absolute Gasteiger partial charge is 0.497 e. The summed E-state index contributed by atoms with van der Waals surface area (Å²) in [5, 5.41) is 1.65. The smallest absolute Gasteiger partial charge is 0.225 e. The van der Waals surface area contributed by atoms with Crippen LogP contribution in [0.4, 0.5) is 0 Å². The molecule has 88 valence electrons. The zero-order valence-electron chi connectivity index (χ0n) is 9.27.